The third-order valence-electron chi connectivity index (χ3n) is 2.57. The summed E-state index contributed by atoms with van der Waals surface area (Å²) in [6.45, 7) is 6.84. The lowest BCUT2D eigenvalue weighted by Gasteiger charge is -2.34. The minimum atomic E-state index is 0.475. The highest BCUT2D eigenvalue weighted by atomic mass is 32.2. The molecule has 0 aromatic heterocycles. The van der Waals surface area contributed by atoms with Gasteiger partial charge in [-0.1, -0.05) is 20.8 Å². The minimum absolute atomic E-state index is 0.475. The van der Waals surface area contributed by atoms with E-state index in [1.807, 2.05) is 0 Å². The maximum absolute atomic E-state index is 5.64. The lowest BCUT2D eigenvalue weighted by atomic mass is 10.00. The first kappa shape index (κ1) is 12.7. The zero-order valence-electron chi connectivity index (χ0n) is 9.32. The molecule has 0 aromatic rings. The first-order valence-electron chi connectivity index (χ1n) is 5.34. The van der Waals surface area contributed by atoms with Gasteiger partial charge in [-0.3, -0.25) is 11.3 Å². The van der Waals surface area contributed by atoms with Gasteiger partial charge in [0, 0.05) is 28.0 Å². The van der Waals surface area contributed by atoms with Crippen LogP contribution in [0.5, 0.6) is 0 Å². The van der Waals surface area contributed by atoms with Crippen LogP contribution >= 0.6 is 23.5 Å². The molecule has 2 nitrogen and oxygen atoms in total. The molecule has 1 saturated heterocycles. The van der Waals surface area contributed by atoms with Gasteiger partial charge in [0.1, 0.15) is 0 Å². The van der Waals surface area contributed by atoms with Crippen LogP contribution in [0.1, 0.15) is 27.2 Å². The molecule has 3 N–H and O–H groups in total. The molecular weight excluding hydrogens is 212 g/mol. The summed E-state index contributed by atoms with van der Waals surface area (Å²) in [5, 5.41) is 1.41. The average molecular weight is 234 g/mol. The number of thioether (sulfide) groups is 2. The summed E-state index contributed by atoms with van der Waals surface area (Å²) in [4.78, 5) is 0. The summed E-state index contributed by atoms with van der Waals surface area (Å²) >= 11 is 4.16. The van der Waals surface area contributed by atoms with Gasteiger partial charge in [0.05, 0.1) is 0 Å². The van der Waals surface area contributed by atoms with E-state index in [0.29, 0.717) is 11.3 Å². The zero-order valence-corrected chi connectivity index (χ0v) is 11.0. The summed E-state index contributed by atoms with van der Waals surface area (Å²) in [6, 6.07) is 0.475. The van der Waals surface area contributed by atoms with Gasteiger partial charge >= 0.3 is 0 Å². The van der Waals surface area contributed by atoms with Crippen LogP contribution in [-0.2, 0) is 0 Å². The fourth-order valence-corrected chi connectivity index (χ4v) is 4.85. The van der Waals surface area contributed by atoms with Gasteiger partial charge in [-0.25, -0.2) is 0 Å². The Morgan fingerprint density at radius 3 is 2.50 bits per heavy atom. The molecule has 0 amide bonds. The molecule has 14 heavy (non-hydrogen) atoms. The highest BCUT2D eigenvalue weighted by molar-refractivity contribution is 8.07. The van der Waals surface area contributed by atoms with Gasteiger partial charge in [-0.15, -0.1) is 0 Å². The van der Waals surface area contributed by atoms with E-state index >= 15 is 0 Å². The van der Waals surface area contributed by atoms with Crippen molar-refractivity contribution in [3.8, 4) is 0 Å². The second-order valence-electron chi connectivity index (χ2n) is 4.31. The van der Waals surface area contributed by atoms with Crippen LogP contribution < -0.4 is 11.3 Å². The van der Waals surface area contributed by atoms with Crippen molar-refractivity contribution in [1.29, 1.82) is 0 Å². The van der Waals surface area contributed by atoms with E-state index in [-0.39, 0.29) is 0 Å². The molecule has 0 bridgehead atoms. The summed E-state index contributed by atoms with van der Waals surface area (Å²) in [7, 11) is 0. The topological polar surface area (TPSA) is 38.0 Å². The minimum Gasteiger partial charge on any atom is -0.271 e. The predicted octanol–water partition coefficient (Wildman–Crippen LogP) is 2.10. The number of rotatable bonds is 4. The van der Waals surface area contributed by atoms with Crippen molar-refractivity contribution in [3.63, 3.8) is 0 Å². The maximum atomic E-state index is 5.64. The molecule has 3 atom stereocenters. The van der Waals surface area contributed by atoms with E-state index < -0.39 is 0 Å². The summed E-state index contributed by atoms with van der Waals surface area (Å²) in [5.74, 6) is 8.93. The van der Waals surface area contributed by atoms with Gasteiger partial charge in [0.2, 0.25) is 0 Å². The highest BCUT2D eigenvalue weighted by Crippen LogP contribution is 2.34. The first-order valence-corrected chi connectivity index (χ1v) is 7.44. The third-order valence-corrected chi connectivity index (χ3v) is 5.82. The van der Waals surface area contributed by atoms with Crippen molar-refractivity contribution in [2.24, 2.45) is 11.8 Å². The summed E-state index contributed by atoms with van der Waals surface area (Å²) in [6.07, 6.45) is 1.18. The van der Waals surface area contributed by atoms with Crippen molar-refractivity contribution in [2.75, 3.05) is 11.5 Å². The van der Waals surface area contributed by atoms with Crippen LogP contribution in [0.2, 0.25) is 0 Å². The molecule has 1 fully saturated rings. The van der Waals surface area contributed by atoms with Crippen molar-refractivity contribution in [3.05, 3.63) is 0 Å². The largest absolute Gasteiger partial charge is 0.271 e. The zero-order chi connectivity index (χ0) is 10.6. The quantitative estimate of drug-likeness (QED) is 0.577. The van der Waals surface area contributed by atoms with Gasteiger partial charge < -0.3 is 0 Å². The lowest BCUT2D eigenvalue weighted by Crippen LogP contribution is -2.48. The van der Waals surface area contributed by atoms with E-state index in [0.717, 1.165) is 11.2 Å². The first-order chi connectivity index (χ1) is 6.65. The fraction of sp³-hybridized carbons (Fsp3) is 1.00. The monoisotopic (exact) mass is 234 g/mol. The second kappa shape index (κ2) is 6.26. The maximum Gasteiger partial charge on any atom is 0.0342 e. The van der Waals surface area contributed by atoms with Crippen molar-refractivity contribution < 1.29 is 0 Å². The lowest BCUT2D eigenvalue weighted by molar-refractivity contribution is 0.412. The molecule has 0 aliphatic carbocycles. The fourth-order valence-electron chi connectivity index (χ4n) is 1.90. The number of hydrogen-bond acceptors (Lipinski definition) is 4. The Hall–Kier alpha value is 0.620. The molecule has 4 heteroatoms. The number of hydrogen-bond donors (Lipinski definition) is 2. The number of hydrazine groups is 1. The Balaban J connectivity index is 2.48. The van der Waals surface area contributed by atoms with E-state index in [1.165, 1.54) is 17.9 Å². The van der Waals surface area contributed by atoms with E-state index in [1.54, 1.807) is 0 Å². The van der Waals surface area contributed by atoms with Crippen molar-refractivity contribution in [1.82, 2.24) is 5.43 Å². The van der Waals surface area contributed by atoms with E-state index in [2.05, 4.69) is 49.7 Å². The molecule has 84 valence electrons. The Bertz CT molecular complexity index is 164. The van der Waals surface area contributed by atoms with Crippen molar-refractivity contribution in [2.45, 2.75) is 43.7 Å². The third kappa shape index (κ3) is 3.65. The van der Waals surface area contributed by atoms with Crippen LogP contribution in [0, 0.1) is 5.92 Å². The standard InChI is InChI=1S/C10H22N2S2/c1-7(2)6-9(12-11)10-8(3)13-4-5-14-10/h7-10,12H,4-6,11H2,1-3H3. The number of nitrogens with two attached hydrogens (primary N) is 1. The molecule has 1 aliphatic heterocycles. The molecule has 1 aliphatic rings. The van der Waals surface area contributed by atoms with Crippen LogP contribution in [0.4, 0.5) is 0 Å². The normalized spacial score (nSPS) is 30.6. The smallest absolute Gasteiger partial charge is 0.0342 e. The van der Waals surface area contributed by atoms with Crippen LogP contribution in [0.15, 0.2) is 0 Å². The second-order valence-corrected chi connectivity index (χ2v) is 7.09. The van der Waals surface area contributed by atoms with Gasteiger partial charge in [0.25, 0.3) is 0 Å². The Morgan fingerprint density at radius 1 is 1.36 bits per heavy atom. The van der Waals surface area contributed by atoms with E-state index in [9.17, 15) is 0 Å². The van der Waals surface area contributed by atoms with Crippen LogP contribution in [0.3, 0.4) is 0 Å². The molecule has 1 rings (SSSR count). The van der Waals surface area contributed by atoms with Crippen LogP contribution in [0.25, 0.3) is 0 Å². The molecule has 3 unspecified atom stereocenters. The Labute approximate surface area is 96.1 Å². The molecule has 1 heterocycles. The summed E-state index contributed by atoms with van der Waals surface area (Å²) < 4.78 is 0. The number of nitrogens with one attached hydrogen (secondary N) is 1. The average Bonchev–Trinajstić information content (AvgIpc) is 2.15. The van der Waals surface area contributed by atoms with Gasteiger partial charge in [0.15, 0.2) is 0 Å². The molecule has 0 spiro atoms. The molecule has 0 radical (unpaired) electrons. The Kier molecular flexibility index (Phi) is 5.67. The van der Waals surface area contributed by atoms with Gasteiger partial charge in [-0.05, 0) is 12.3 Å². The van der Waals surface area contributed by atoms with Crippen LogP contribution in [-0.4, -0.2) is 28.0 Å². The molecule has 0 aromatic carbocycles. The summed E-state index contributed by atoms with van der Waals surface area (Å²) in [5.41, 5.74) is 3.00. The molecular formula is C10H22N2S2. The Morgan fingerprint density at radius 2 is 2.00 bits per heavy atom. The highest BCUT2D eigenvalue weighted by Gasteiger charge is 2.29. The predicted molar refractivity (Wildman–Crippen MR) is 68.7 cm³/mol. The SMILES string of the molecule is CC(C)CC(NN)C1SCCSC1C. The van der Waals surface area contributed by atoms with E-state index in [4.69, 9.17) is 5.84 Å². The molecule has 0 saturated carbocycles. The van der Waals surface area contributed by atoms with Crippen molar-refractivity contribution >= 4 is 23.5 Å². The van der Waals surface area contributed by atoms with Gasteiger partial charge in [-0.2, -0.15) is 23.5 Å².